The van der Waals surface area contributed by atoms with Gasteiger partial charge in [-0.15, -0.1) is 5.10 Å². The van der Waals surface area contributed by atoms with E-state index < -0.39 is 0 Å². The van der Waals surface area contributed by atoms with Crippen molar-refractivity contribution < 1.29 is 9.53 Å². The zero-order valence-corrected chi connectivity index (χ0v) is 16.4. The van der Waals surface area contributed by atoms with Crippen molar-refractivity contribution in [2.75, 3.05) is 32.1 Å². The van der Waals surface area contributed by atoms with E-state index in [9.17, 15) is 4.79 Å². The first-order chi connectivity index (χ1) is 13.3. The molecular weight excluding hydrogens is 360 g/mol. The van der Waals surface area contributed by atoms with Gasteiger partial charge in [0.2, 0.25) is 11.1 Å². The predicted octanol–water partition coefficient (Wildman–Crippen LogP) is 3.27. The zero-order valence-electron chi connectivity index (χ0n) is 15.5. The molecule has 1 aliphatic carbocycles. The average molecular weight is 387 g/mol. The van der Waals surface area contributed by atoms with Crippen molar-refractivity contribution in [3.05, 3.63) is 36.2 Å². The lowest BCUT2D eigenvalue weighted by atomic mass is 9.88. The molecule has 0 spiro atoms. The molecule has 1 aliphatic heterocycles. The third-order valence-electron chi connectivity index (χ3n) is 5.27. The molecule has 4 rings (SSSR count). The number of carbonyl (C=O) groups is 1. The van der Waals surface area contributed by atoms with Crippen molar-refractivity contribution in [3.63, 3.8) is 0 Å². The van der Waals surface area contributed by atoms with Gasteiger partial charge in [-0.25, -0.2) is 9.67 Å². The van der Waals surface area contributed by atoms with Gasteiger partial charge in [0, 0.05) is 19.0 Å². The number of nitrogens with zero attached hydrogens (tertiary/aromatic N) is 4. The van der Waals surface area contributed by atoms with E-state index in [1.54, 1.807) is 0 Å². The molecule has 0 atom stereocenters. The fraction of sp³-hybridized carbons (Fsp3) is 0.550. The van der Waals surface area contributed by atoms with Crippen LogP contribution in [-0.2, 0) is 9.53 Å². The van der Waals surface area contributed by atoms with Gasteiger partial charge in [0.25, 0.3) is 0 Å². The summed E-state index contributed by atoms with van der Waals surface area (Å²) in [6, 6.07) is 10.2. The monoisotopic (exact) mass is 386 g/mol. The maximum Gasteiger partial charge on any atom is 0.233 e. The number of amides is 1. The molecule has 7 heteroatoms. The van der Waals surface area contributed by atoms with Crippen LogP contribution < -0.4 is 0 Å². The average Bonchev–Trinajstić information content (AvgIpc) is 3.18. The van der Waals surface area contributed by atoms with Gasteiger partial charge in [-0.3, -0.25) is 4.79 Å². The summed E-state index contributed by atoms with van der Waals surface area (Å²) in [5.74, 6) is 2.01. The highest BCUT2D eigenvalue weighted by Crippen LogP contribution is 2.33. The first kappa shape index (κ1) is 18.5. The quantitative estimate of drug-likeness (QED) is 0.738. The molecule has 2 aromatic rings. The van der Waals surface area contributed by atoms with Crippen molar-refractivity contribution in [2.45, 2.75) is 43.2 Å². The van der Waals surface area contributed by atoms with Gasteiger partial charge in [0.15, 0.2) is 0 Å². The van der Waals surface area contributed by atoms with Crippen molar-refractivity contribution in [2.24, 2.45) is 0 Å². The lowest BCUT2D eigenvalue weighted by molar-refractivity contribution is -0.132. The summed E-state index contributed by atoms with van der Waals surface area (Å²) in [6.07, 6.45) is 6.16. The summed E-state index contributed by atoms with van der Waals surface area (Å²) in [5, 5.41) is 5.44. The van der Waals surface area contributed by atoms with E-state index in [-0.39, 0.29) is 5.91 Å². The normalized spacial score (nSPS) is 18.6. The SMILES string of the molecule is O=C(CSc1nc(C2CCCCC2)n(-c2ccccc2)n1)N1CCOCC1. The minimum absolute atomic E-state index is 0.138. The second-order valence-corrected chi connectivity index (χ2v) is 8.06. The molecular formula is C20H26N4O2S. The molecule has 6 nitrogen and oxygen atoms in total. The van der Waals surface area contributed by atoms with Crippen LogP contribution in [-0.4, -0.2) is 57.6 Å². The lowest BCUT2D eigenvalue weighted by Crippen LogP contribution is -2.41. The van der Waals surface area contributed by atoms with Gasteiger partial charge >= 0.3 is 0 Å². The van der Waals surface area contributed by atoms with Gasteiger partial charge in [-0.2, -0.15) is 0 Å². The van der Waals surface area contributed by atoms with Crippen molar-refractivity contribution in [3.8, 4) is 5.69 Å². The number of morpholine rings is 1. The fourth-order valence-electron chi connectivity index (χ4n) is 3.78. The van der Waals surface area contributed by atoms with Crippen LogP contribution in [0.25, 0.3) is 5.69 Å². The van der Waals surface area contributed by atoms with E-state index in [1.807, 2.05) is 27.8 Å². The van der Waals surface area contributed by atoms with Crippen LogP contribution in [0, 0.1) is 0 Å². The molecule has 27 heavy (non-hydrogen) atoms. The molecule has 1 aromatic heterocycles. The van der Waals surface area contributed by atoms with Gasteiger partial charge < -0.3 is 9.64 Å². The standard InChI is InChI=1S/C20H26N4O2S/c25-18(23-11-13-26-14-12-23)15-27-20-21-19(16-7-3-1-4-8-16)24(22-20)17-9-5-2-6-10-17/h2,5-6,9-10,16H,1,3-4,7-8,11-15H2. The van der Waals surface area contributed by atoms with E-state index in [0.717, 1.165) is 11.5 Å². The van der Waals surface area contributed by atoms with Crippen LogP contribution in [0.2, 0.25) is 0 Å². The first-order valence-electron chi connectivity index (χ1n) is 9.82. The van der Waals surface area contributed by atoms with E-state index in [4.69, 9.17) is 14.8 Å². The Labute approximate surface area is 164 Å². The van der Waals surface area contributed by atoms with Crippen LogP contribution >= 0.6 is 11.8 Å². The van der Waals surface area contributed by atoms with Gasteiger partial charge in [-0.05, 0) is 25.0 Å². The summed E-state index contributed by atoms with van der Waals surface area (Å²) in [4.78, 5) is 19.1. The second-order valence-electron chi connectivity index (χ2n) is 7.12. The van der Waals surface area contributed by atoms with Crippen molar-refractivity contribution in [1.29, 1.82) is 0 Å². The Morgan fingerprint density at radius 3 is 2.59 bits per heavy atom. The number of para-hydroxylation sites is 1. The zero-order chi connectivity index (χ0) is 18.5. The topological polar surface area (TPSA) is 60.2 Å². The summed E-state index contributed by atoms with van der Waals surface area (Å²) in [7, 11) is 0. The number of benzene rings is 1. The van der Waals surface area contributed by atoms with Gasteiger partial charge in [0.1, 0.15) is 5.82 Å². The number of ether oxygens (including phenoxy) is 1. The van der Waals surface area contributed by atoms with Gasteiger partial charge in [0.05, 0.1) is 24.7 Å². The van der Waals surface area contributed by atoms with Crippen LogP contribution in [0.5, 0.6) is 0 Å². The Balaban J connectivity index is 1.50. The molecule has 0 N–H and O–H groups in total. The third kappa shape index (κ3) is 4.52. The number of hydrogen-bond acceptors (Lipinski definition) is 5. The Morgan fingerprint density at radius 2 is 1.85 bits per heavy atom. The Kier molecular flexibility index (Phi) is 6.09. The summed E-state index contributed by atoms with van der Waals surface area (Å²) >= 11 is 1.44. The molecule has 0 bridgehead atoms. The molecule has 2 heterocycles. The maximum atomic E-state index is 12.4. The molecule has 2 aliphatic rings. The minimum Gasteiger partial charge on any atom is -0.378 e. The Morgan fingerprint density at radius 1 is 1.11 bits per heavy atom. The number of rotatable bonds is 5. The van der Waals surface area contributed by atoms with E-state index in [1.165, 1.54) is 43.9 Å². The number of carbonyl (C=O) groups excluding carboxylic acids is 1. The highest BCUT2D eigenvalue weighted by atomic mass is 32.2. The van der Waals surface area contributed by atoms with E-state index >= 15 is 0 Å². The summed E-state index contributed by atoms with van der Waals surface area (Å²) in [6.45, 7) is 2.61. The predicted molar refractivity (Wildman–Crippen MR) is 105 cm³/mol. The van der Waals surface area contributed by atoms with Crippen molar-refractivity contribution in [1.82, 2.24) is 19.7 Å². The first-order valence-corrected chi connectivity index (χ1v) is 10.8. The largest absolute Gasteiger partial charge is 0.378 e. The molecule has 1 aromatic carbocycles. The smallest absolute Gasteiger partial charge is 0.233 e. The van der Waals surface area contributed by atoms with Crippen LogP contribution in [0.1, 0.15) is 43.8 Å². The molecule has 1 saturated heterocycles. The van der Waals surface area contributed by atoms with Crippen molar-refractivity contribution >= 4 is 17.7 Å². The van der Waals surface area contributed by atoms with E-state index in [2.05, 4.69) is 12.1 Å². The van der Waals surface area contributed by atoms with Crippen LogP contribution in [0.4, 0.5) is 0 Å². The highest BCUT2D eigenvalue weighted by molar-refractivity contribution is 7.99. The van der Waals surface area contributed by atoms with Crippen LogP contribution in [0.15, 0.2) is 35.5 Å². The molecule has 1 amide bonds. The number of thioether (sulfide) groups is 1. The lowest BCUT2D eigenvalue weighted by Gasteiger charge is -2.26. The fourth-order valence-corrected chi connectivity index (χ4v) is 4.51. The molecule has 0 unspecified atom stereocenters. The molecule has 2 fully saturated rings. The summed E-state index contributed by atoms with van der Waals surface area (Å²) < 4.78 is 7.30. The Hall–Kier alpha value is -1.86. The van der Waals surface area contributed by atoms with Gasteiger partial charge in [-0.1, -0.05) is 49.2 Å². The molecule has 1 saturated carbocycles. The number of aromatic nitrogens is 3. The molecule has 144 valence electrons. The van der Waals surface area contributed by atoms with E-state index in [0.29, 0.717) is 43.1 Å². The van der Waals surface area contributed by atoms with Crippen LogP contribution in [0.3, 0.4) is 0 Å². The summed E-state index contributed by atoms with van der Waals surface area (Å²) in [5.41, 5.74) is 1.04. The maximum absolute atomic E-state index is 12.4. The second kappa shape index (κ2) is 8.89. The third-order valence-corrected chi connectivity index (χ3v) is 6.09. The Bertz CT molecular complexity index is 753. The number of hydrogen-bond donors (Lipinski definition) is 0. The molecule has 0 radical (unpaired) electrons. The minimum atomic E-state index is 0.138. The highest BCUT2D eigenvalue weighted by Gasteiger charge is 2.24.